The molecule has 1 heterocycles. The molecule has 1 aromatic rings. The van der Waals surface area contributed by atoms with Crippen LogP contribution < -0.4 is 15.0 Å². The number of carbonyl (C=O) groups excluding carboxylic acids is 2. The van der Waals surface area contributed by atoms with E-state index in [4.69, 9.17) is 4.74 Å². The average molecular weight is 248 g/mol. The van der Waals surface area contributed by atoms with Gasteiger partial charge in [0.1, 0.15) is 11.8 Å². The third-order valence-electron chi connectivity index (χ3n) is 2.86. The molecule has 2 amide bonds. The molecule has 0 saturated carbocycles. The Morgan fingerprint density at radius 2 is 2.22 bits per heavy atom. The Balaban J connectivity index is 2.30. The zero-order valence-electron chi connectivity index (χ0n) is 10.5. The molecule has 5 heteroatoms. The van der Waals surface area contributed by atoms with Crippen LogP contribution in [0, 0.1) is 0 Å². The van der Waals surface area contributed by atoms with E-state index in [9.17, 15) is 9.59 Å². The summed E-state index contributed by atoms with van der Waals surface area (Å²) in [5.41, 5.74) is 0.688. The number of anilines is 1. The minimum atomic E-state index is -0.497. The lowest BCUT2D eigenvalue weighted by molar-refractivity contribution is -0.130. The standard InChI is InChI=1S/C13H16N2O3/c1-3-18-11-6-4-5-10(7-11)15-9(2)13(17)14-8-12(15)16/h4-7,9H,3,8H2,1-2H3,(H,14,17). The zero-order chi connectivity index (χ0) is 13.1. The molecule has 96 valence electrons. The first kappa shape index (κ1) is 12.4. The molecule has 1 atom stereocenters. The first-order valence-electron chi connectivity index (χ1n) is 5.96. The Morgan fingerprint density at radius 1 is 1.44 bits per heavy atom. The highest BCUT2D eigenvalue weighted by atomic mass is 16.5. The Morgan fingerprint density at radius 3 is 2.94 bits per heavy atom. The summed E-state index contributed by atoms with van der Waals surface area (Å²) in [7, 11) is 0. The third kappa shape index (κ3) is 2.30. The van der Waals surface area contributed by atoms with Crippen molar-refractivity contribution in [2.45, 2.75) is 19.9 Å². The molecule has 1 saturated heterocycles. The highest BCUT2D eigenvalue weighted by Gasteiger charge is 2.32. The molecule has 1 unspecified atom stereocenters. The molecule has 2 rings (SSSR count). The van der Waals surface area contributed by atoms with Gasteiger partial charge in [0, 0.05) is 11.8 Å². The van der Waals surface area contributed by atoms with Crippen LogP contribution in [-0.4, -0.2) is 31.0 Å². The molecular formula is C13H16N2O3. The molecular weight excluding hydrogens is 232 g/mol. The van der Waals surface area contributed by atoms with Crippen LogP contribution in [0.4, 0.5) is 5.69 Å². The van der Waals surface area contributed by atoms with E-state index >= 15 is 0 Å². The van der Waals surface area contributed by atoms with Crippen molar-refractivity contribution in [3.05, 3.63) is 24.3 Å². The molecule has 1 aliphatic heterocycles. The Kier molecular flexibility index (Phi) is 3.50. The third-order valence-corrected chi connectivity index (χ3v) is 2.86. The smallest absolute Gasteiger partial charge is 0.247 e. The van der Waals surface area contributed by atoms with Gasteiger partial charge in [-0.25, -0.2) is 0 Å². The number of benzene rings is 1. The largest absolute Gasteiger partial charge is 0.494 e. The van der Waals surface area contributed by atoms with Gasteiger partial charge in [0.05, 0.1) is 13.2 Å². The van der Waals surface area contributed by atoms with Crippen molar-refractivity contribution in [3.63, 3.8) is 0 Å². The number of piperazine rings is 1. The van der Waals surface area contributed by atoms with Crippen LogP contribution in [0.1, 0.15) is 13.8 Å². The number of ether oxygens (including phenoxy) is 1. The second-order valence-corrected chi connectivity index (χ2v) is 4.09. The van der Waals surface area contributed by atoms with Crippen LogP contribution >= 0.6 is 0 Å². The van der Waals surface area contributed by atoms with Crippen molar-refractivity contribution in [3.8, 4) is 5.75 Å². The number of carbonyl (C=O) groups is 2. The van der Waals surface area contributed by atoms with E-state index in [1.807, 2.05) is 19.1 Å². The van der Waals surface area contributed by atoms with Crippen molar-refractivity contribution in [2.75, 3.05) is 18.1 Å². The van der Waals surface area contributed by atoms with E-state index in [1.165, 1.54) is 4.90 Å². The van der Waals surface area contributed by atoms with E-state index < -0.39 is 6.04 Å². The second-order valence-electron chi connectivity index (χ2n) is 4.09. The van der Waals surface area contributed by atoms with Crippen molar-refractivity contribution in [1.82, 2.24) is 5.32 Å². The SMILES string of the molecule is CCOc1cccc(N2C(=O)CNC(=O)C2C)c1. The van der Waals surface area contributed by atoms with Crippen molar-refractivity contribution in [2.24, 2.45) is 0 Å². The number of rotatable bonds is 3. The molecule has 1 aliphatic rings. The molecule has 1 aromatic carbocycles. The fraction of sp³-hybridized carbons (Fsp3) is 0.385. The Labute approximate surface area is 106 Å². The maximum atomic E-state index is 11.9. The summed E-state index contributed by atoms with van der Waals surface area (Å²) < 4.78 is 5.40. The van der Waals surface area contributed by atoms with Crippen LogP contribution in [0.25, 0.3) is 0 Å². The van der Waals surface area contributed by atoms with Crippen molar-refractivity contribution < 1.29 is 14.3 Å². The quantitative estimate of drug-likeness (QED) is 0.866. The monoisotopic (exact) mass is 248 g/mol. The van der Waals surface area contributed by atoms with Gasteiger partial charge in [-0.15, -0.1) is 0 Å². The topological polar surface area (TPSA) is 58.6 Å². The Bertz CT molecular complexity index is 473. The minimum absolute atomic E-state index is 0.0437. The first-order valence-corrected chi connectivity index (χ1v) is 5.96. The van der Waals surface area contributed by atoms with E-state index in [1.54, 1.807) is 19.1 Å². The lowest BCUT2D eigenvalue weighted by atomic mass is 10.1. The molecule has 0 bridgehead atoms. The lowest BCUT2D eigenvalue weighted by Crippen LogP contribution is -2.57. The highest BCUT2D eigenvalue weighted by molar-refractivity contribution is 6.06. The summed E-state index contributed by atoms with van der Waals surface area (Å²) in [5, 5.41) is 2.56. The van der Waals surface area contributed by atoms with Crippen molar-refractivity contribution in [1.29, 1.82) is 0 Å². The van der Waals surface area contributed by atoms with Crippen LogP contribution in [-0.2, 0) is 9.59 Å². The second kappa shape index (κ2) is 5.08. The van der Waals surface area contributed by atoms with E-state index in [2.05, 4.69) is 5.32 Å². The molecule has 1 fully saturated rings. The lowest BCUT2D eigenvalue weighted by Gasteiger charge is -2.32. The first-order chi connectivity index (χ1) is 8.63. The summed E-state index contributed by atoms with van der Waals surface area (Å²) in [6.07, 6.45) is 0. The van der Waals surface area contributed by atoms with E-state index in [0.29, 0.717) is 18.0 Å². The van der Waals surface area contributed by atoms with E-state index in [0.717, 1.165) is 0 Å². The van der Waals surface area contributed by atoms with Gasteiger partial charge in [0.2, 0.25) is 11.8 Å². The minimum Gasteiger partial charge on any atom is -0.494 e. The molecule has 5 nitrogen and oxygen atoms in total. The average Bonchev–Trinajstić information content (AvgIpc) is 2.35. The van der Waals surface area contributed by atoms with Crippen LogP contribution in [0.5, 0.6) is 5.75 Å². The van der Waals surface area contributed by atoms with Gasteiger partial charge in [-0.1, -0.05) is 6.07 Å². The predicted molar refractivity (Wildman–Crippen MR) is 67.6 cm³/mol. The van der Waals surface area contributed by atoms with Gasteiger partial charge in [0.25, 0.3) is 0 Å². The van der Waals surface area contributed by atoms with Gasteiger partial charge in [-0.3, -0.25) is 14.5 Å². The summed E-state index contributed by atoms with van der Waals surface area (Å²) in [4.78, 5) is 25.0. The summed E-state index contributed by atoms with van der Waals surface area (Å²) in [5.74, 6) is 0.438. The molecule has 18 heavy (non-hydrogen) atoms. The number of hydrogen-bond donors (Lipinski definition) is 1. The van der Waals surface area contributed by atoms with E-state index in [-0.39, 0.29) is 18.4 Å². The summed E-state index contributed by atoms with van der Waals surface area (Å²) >= 11 is 0. The summed E-state index contributed by atoms with van der Waals surface area (Å²) in [6.45, 7) is 4.21. The van der Waals surface area contributed by atoms with Gasteiger partial charge in [-0.2, -0.15) is 0 Å². The Hall–Kier alpha value is -2.04. The predicted octanol–water partition coefficient (Wildman–Crippen LogP) is 0.937. The highest BCUT2D eigenvalue weighted by Crippen LogP contribution is 2.24. The maximum Gasteiger partial charge on any atom is 0.247 e. The molecule has 0 radical (unpaired) electrons. The fourth-order valence-electron chi connectivity index (χ4n) is 1.99. The van der Waals surface area contributed by atoms with Gasteiger partial charge in [-0.05, 0) is 26.0 Å². The van der Waals surface area contributed by atoms with Crippen molar-refractivity contribution >= 4 is 17.5 Å². The zero-order valence-corrected chi connectivity index (χ0v) is 10.5. The van der Waals surface area contributed by atoms with Gasteiger partial charge in [0.15, 0.2) is 0 Å². The van der Waals surface area contributed by atoms with Crippen LogP contribution in [0.3, 0.4) is 0 Å². The molecule has 0 aromatic heterocycles. The number of nitrogens with one attached hydrogen (secondary N) is 1. The maximum absolute atomic E-state index is 11.9. The van der Waals surface area contributed by atoms with Crippen LogP contribution in [0.15, 0.2) is 24.3 Å². The number of nitrogens with zero attached hydrogens (tertiary/aromatic N) is 1. The van der Waals surface area contributed by atoms with Gasteiger partial charge >= 0.3 is 0 Å². The van der Waals surface area contributed by atoms with Crippen LogP contribution in [0.2, 0.25) is 0 Å². The summed E-state index contributed by atoms with van der Waals surface area (Å²) in [6, 6.07) is 6.72. The molecule has 0 aliphatic carbocycles. The fourth-order valence-corrected chi connectivity index (χ4v) is 1.99. The number of amides is 2. The molecule has 1 N–H and O–H groups in total. The number of hydrogen-bond acceptors (Lipinski definition) is 3. The molecule has 0 spiro atoms. The normalized spacial score (nSPS) is 19.7. The van der Waals surface area contributed by atoms with Gasteiger partial charge < -0.3 is 10.1 Å².